The molecule has 4 nitrogen and oxygen atoms in total. The fraction of sp³-hybridized carbons (Fsp3) is 0.409. The van der Waals surface area contributed by atoms with Gasteiger partial charge in [0.2, 0.25) is 0 Å². The molecule has 2 aliphatic heterocycles. The largest absolute Gasteiger partial charge is 0.382 e. The van der Waals surface area contributed by atoms with E-state index < -0.39 is 0 Å². The molecule has 4 rings (SSSR count). The van der Waals surface area contributed by atoms with E-state index in [9.17, 15) is 4.79 Å². The Bertz CT molecular complexity index is 746. The van der Waals surface area contributed by atoms with Gasteiger partial charge in [-0.15, -0.1) is 0 Å². The van der Waals surface area contributed by atoms with Gasteiger partial charge in [-0.2, -0.15) is 0 Å². The van der Waals surface area contributed by atoms with Crippen molar-refractivity contribution >= 4 is 11.6 Å². The van der Waals surface area contributed by atoms with Gasteiger partial charge in [0.05, 0.1) is 0 Å². The number of amides is 1. The van der Waals surface area contributed by atoms with Crippen molar-refractivity contribution in [2.24, 2.45) is 0 Å². The summed E-state index contributed by atoms with van der Waals surface area (Å²) in [5, 5.41) is 6.66. The molecule has 2 fully saturated rings. The lowest BCUT2D eigenvalue weighted by molar-refractivity contribution is 0.0951. The molecule has 0 saturated carbocycles. The van der Waals surface area contributed by atoms with E-state index in [1.807, 2.05) is 48.5 Å². The fourth-order valence-electron chi connectivity index (χ4n) is 4.22. The molecule has 0 bridgehead atoms. The number of fused-ring (bicyclic) bond motifs is 1. The minimum absolute atomic E-state index is 0.0249. The van der Waals surface area contributed by atoms with Gasteiger partial charge in [-0.3, -0.25) is 4.79 Å². The molecule has 1 amide bonds. The van der Waals surface area contributed by atoms with Crippen LogP contribution in [0.25, 0.3) is 0 Å². The highest BCUT2D eigenvalue weighted by Gasteiger charge is 2.31. The Kier molecular flexibility index (Phi) is 5.21. The van der Waals surface area contributed by atoms with E-state index in [0.29, 0.717) is 18.2 Å². The summed E-state index contributed by atoms with van der Waals surface area (Å²) in [4.78, 5) is 15.1. The average Bonchev–Trinajstić information content (AvgIpc) is 3.15. The molecule has 2 aliphatic rings. The lowest BCUT2D eigenvalue weighted by Crippen LogP contribution is -2.42. The maximum atomic E-state index is 12.5. The highest BCUT2D eigenvalue weighted by molar-refractivity contribution is 5.95. The van der Waals surface area contributed by atoms with E-state index in [2.05, 4.69) is 21.6 Å². The van der Waals surface area contributed by atoms with E-state index in [1.54, 1.807) is 0 Å². The summed E-state index contributed by atoms with van der Waals surface area (Å²) in [7, 11) is 0. The third kappa shape index (κ3) is 4.07. The van der Waals surface area contributed by atoms with Crippen LogP contribution in [-0.4, -0.2) is 36.0 Å². The number of carbonyl (C=O) groups is 1. The van der Waals surface area contributed by atoms with Gasteiger partial charge in [-0.1, -0.05) is 36.4 Å². The Hall–Kier alpha value is -2.33. The predicted molar refractivity (Wildman–Crippen MR) is 105 cm³/mol. The van der Waals surface area contributed by atoms with E-state index in [-0.39, 0.29) is 5.91 Å². The van der Waals surface area contributed by atoms with Crippen LogP contribution in [0.2, 0.25) is 0 Å². The third-order valence-electron chi connectivity index (χ3n) is 5.61. The predicted octanol–water partition coefficient (Wildman–Crippen LogP) is 3.66. The Balaban J connectivity index is 1.34. The number of nitrogens with zero attached hydrogens (tertiary/aromatic N) is 1. The summed E-state index contributed by atoms with van der Waals surface area (Å²) in [6, 6.07) is 19.1. The molecule has 0 radical (unpaired) electrons. The molecule has 0 aromatic heterocycles. The van der Waals surface area contributed by atoms with Crippen LogP contribution >= 0.6 is 0 Å². The van der Waals surface area contributed by atoms with Gasteiger partial charge in [0, 0.05) is 36.4 Å². The lowest BCUT2D eigenvalue weighted by atomic mass is 9.97. The molecule has 2 heterocycles. The Morgan fingerprint density at radius 1 is 1.04 bits per heavy atom. The molecular formula is C22H27N3O. The number of anilines is 1. The number of piperidine rings is 1. The summed E-state index contributed by atoms with van der Waals surface area (Å²) in [5.41, 5.74) is 2.87. The maximum absolute atomic E-state index is 12.5. The van der Waals surface area contributed by atoms with E-state index in [4.69, 9.17) is 0 Å². The van der Waals surface area contributed by atoms with Gasteiger partial charge in [0.1, 0.15) is 0 Å². The number of hydrogen-bond donors (Lipinski definition) is 2. The molecule has 0 unspecified atom stereocenters. The zero-order chi connectivity index (χ0) is 17.8. The van der Waals surface area contributed by atoms with E-state index >= 15 is 0 Å². The van der Waals surface area contributed by atoms with Crippen LogP contribution in [0.1, 0.15) is 41.6 Å². The molecule has 2 atom stereocenters. The quantitative estimate of drug-likeness (QED) is 0.866. The van der Waals surface area contributed by atoms with Crippen molar-refractivity contribution < 1.29 is 4.79 Å². The normalized spacial score (nSPS) is 22.6. The second-order valence-electron chi connectivity index (χ2n) is 7.45. The minimum atomic E-state index is -0.0249. The first-order chi connectivity index (χ1) is 12.8. The third-order valence-corrected chi connectivity index (χ3v) is 5.61. The van der Waals surface area contributed by atoms with Crippen LogP contribution in [0.3, 0.4) is 0 Å². The maximum Gasteiger partial charge on any atom is 0.251 e. The zero-order valence-electron chi connectivity index (χ0n) is 15.2. The van der Waals surface area contributed by atoms with Crippen molar-refractivity contribution in [3.05, 3.63) is 65.7 Å². The fourth-order valence-corrected chi connectivity index (χ4v) is 4.22. The van der Waals surface area contributed by atoms with Gasteiger partial charge >= 0.3 is 0 Å². The van der Waals surface area contributed by atoms with Crippen molar-refractivity contribution in [3.63, 3.8) is 0 Å². The van der Waals surface area contributed by atoms with Gasteiger partial charge in [-0.05, 0) is 56.0 Å². The van der Waals surface area contributed by atoms with Gasteiger partial charge in [0.25, 0.3) is 5.91 Å². The standard InChI is InChI=1S/C22H27N3O/c26-22(23-16-17-6-2-1-3-7-17)18-8-4-9-19(14-18)24-20-11-13-25-12-5-10-21(25)15-20/h1-4,6-9,14,20-21,24H,5,10-13,15-16H2,(H,23,26)/t20-,21-/m0/s1. The minimum Gasteiger partial charge on any atom is -0.382 e. The van der Waals surface area contributed by atoms with Crippen LogP contribution in [0.4, 0.5) is 5.69 Å². The molecular weight excluding hydrogens is 322 g/mol. The zero-order valence-corrected chi connectivity index (χ0v) is 15.2. The van der Waals surface area contributed by atoms with Crippen molar-refractivity contribution in [2.45, 2.75) is 44.3 Å². The van der Waals surface area contributed by atoms with Crippen molar-refractivity contribution in [1.29, 1.82) is 0 Å². The monoisotopic (exact) mass is 349 g/mol. The number of carbonyl (C=O) groups excluding carboxylic acids is 1. The van der Waals surface area contributed by atoms with Crippen LogP contribution in [-0.2, 0) is 6.54 Å². The topological polar surface area (TPSA) is 44.4 Å². The Labute approximate surface area is 155 Å². The second kappa shape index (κ2) is 7.92. The number of benzene rings is 2. The first kappa shape index (κ1) is 17.1. The second-order valence-corrected chi connectivity index (χ2v) is 7.45. The summed E-state index contributed by atoms with van der Waals surface area (Å²) in [5.74, 6) is -0.0249. The molecule has 4 heteroatoms. The van der Waals surface area contributed by atoms with Gasteiger partial charge in [-0.25, -0.2) is 0 Å². The van der Waals surface area contributed by atoms with E-state index in [1.165, 1.54) is 38.8 Å². The van der Waals surface area contributed by atoms with E-state index in [0.717, 1.165) is 17.3 Å². The summed E-state index contributed by atoms with van der Waals surface area (Å²) < 4.78 is 0. The van der Waals surface area contributed by atoms with Crippen molar-refractivity contribution in [1.82, 2.24) is 10.2 Å². The number of rotatable bonds is 5. The molecule has 2 N–H and O–H groups in total. The van der Waals surface area contributed by atoms with Crippen molar-refractivity contribution in [2.75, 3.05) is 18.4 Å². The molecule has 0 spiro atoms. The molecule has 26 heavy (non-hydrogen) atoms. The van der Waals surface area contributed by atoms with Crippen LogP contribution in [0, 0.1) is 0 Å². The smallest absolute Gasteiger partial charge is 0.251 e. The SMILES string of the molecule is O=C(NCc1ccccc1)c1cccc(N[C@H]2CCN3CCC[C@H]3C2)c1. The summed E-state index contributed by atoms with van der Waals surface area (Å²) in [6.45, 7) is 3.02. The molecule has 2 saturated heterocycles. The molecule has 0 aliphatic carbocycles. The summed E-state index contributed by atoms with van der Waals surface area (Å²) >= 11 is 0. The Morgan fingerprint density at radius 3 is 2.81 bits per heavy atom. The molecule has 2 aromatic carbocycles. The Morgan fingerprint density at radius 2 is 1.92 bits per heavy atom. The van der Waals surface area contributed by atoms with Crippen LogP contribution < -0.4 is 10.6 Å². The van der Waals surface area contributed by atoms with Gasteiger partial charge in [0.15, 0.2) is 0 Å². The lowest BCUT2D eigenvalue weighted by Gasteiger charge is -2.35. The van der Waals surface area contributed by atoms with Crippen molar-refractivity contribution in [3.8, 4) is 0 Å². The first-order valence-electron chi connectivity index (χ1n) is 9.71. The highest BCUT2D eigenvalue weighted by atomic mass is 16.1. The first-order valence-corrected chi connectivity index (χ1v) is 9.71. The number of hydrogen-bond acceptors (Lipinski definition) is 3. The molecule has 136 valence electrons. The van der Waals surface area contributed by atoms with Crippen LogP contribution in [0.5, 0.6) is 0 Å². The number of nitrogens with one attached hydrogen (secondary N) is 2. The molecule has 2 aromatic rings. The van der Waals surface area contributed by atoms with Crippen LogP contribution in [0.15, 0.2) is 54.6 Å². The summed E-state index contributed by atoms with van der Waals surface area (Å²) in [6.07, 6.45) is 5.07. The highest BCUT2D eigenvalue weighted by Crippen LogP contribution is 2.28. The van der Waals surface area contributed by atoms with Gasteiger partial charge < -0.3 is 15.5 Å². The average molecular weight is 349 g/mol.